The van der Waals surface area contributed by atoms with Crippen LogP contribution in [0.1, 0.15) is 16.2 Å². The van der Waals surface area contributed by atoms with Gasteiger partial charge in [0.05, 0.1) is 10.6 Å². The van der Waals surface area contributed by atoms with E-state index in [1.54, 1.807) is 24.3 Å². The Hall–Kier alpha value is -2.64. The molecule has 0 aliphatic heterocycles. The second-order valence-corrected chi connectivity index (χ2v) is 5.75. The van der Waals surface area contributed by atoms with E-state index in [0.717, 1.165) is 0 Å². The lowest BCUT2D eigenvalue weighted by Gasteiger charge is -2.08. The maximum absolute atomic E-state index is 14.2. The van der Waals surface area contributed by atoms with Crippen molar-refractivity contribution in [3.05, 3.63) is 63.7 Å². The van der Waals surface area contributed by atoms with Crippen molar-refractivity contribution < 1.29 is 18.4 Å². The van der Waals surface area contributed by atoms with Gasteiger partial charge in [-0.15, -0.1) is 0 Å². The second kappa shape index (κ2) is 7.08. The zero-order valence-corrected chi connectivity index (χ0v) is 14.0. The summed E-state index contributed by atoms with van der Waals surface area (Å²) in [4.78, 5) is 15.4. The monoisotopic (exact) mass is 381 g/mol. The fraction of sp³-hybridized carbons (Fsp3) is 0.0625. The number of amides is 1. The maximum Gasteiger partial charge on any atom is 0.264 e. The highest BCUT2D eigenvalue weighted by molar-refractivity contribution is 6.33. The number of ether oxygens (including phenoxy) is 1. The first-order valence-corrected chi connectivity index (χ1v) is 7.70. The molecule has 1 amide bonds. The summed E-state index contributed by atoms with van der Waals surface area (Å²) in [5, 5.41) is 4.30. The van der Waals surface area contributed by atoms with Gasteiger partial charge in [0.15, 0.2) is 18.2 Å². The molecule has 128 valence electrons. The standard InChI is InChI=1S/C16H10Cl2FN3O3/c17-9-3-1-8(2-4-9)16-21-12(25-22-16)7-24-11-6-5-10(18)13(14(11)19)15(20)23/h1-6H,7H2,(H2,20,23). The number of aromatic nitrogens is 2. The fourth-order valence-electron chi connectivity index (χ4n) is 2.04. The number of rotatable bonds is 5. The molecule has 3 aromatic rings. The molecule has 2 aromatic carbocycles. The molecule has 0 atom stereocenters. The molecule has 1 aromatic heterocycles. The molecular weight excluding hydrogens is 372 g/mol. The lowest BCUT2D eigenvalue weighted by atomic mass is 10.2. The van der Waals surface area contributed by atoms with Crippen molar-refractivity contribution >= 4 is 29.1 Å². The van der Waals surface area contributed by atoms with Crippen molar-refractivity contribution in [1.82, 2.24) is 10.1 Å². The topological polar surface area (TPSA) is 91.2 Å². The van der Waals surface area contributed by atoms with Crippen LogP contribution < -0.4 is 10.5 Å². The van der Waals surface area contributed by atoms with Crippen LogP contribution in [0.3, 0.4) is 0 Å². The normalized spacial score (nSPS) is 10.7. The highest BCUT2D eigenvalue weighted by Crippen LogP contribution is 2.27. The van der Waals surface area contributed by atoms with E-state index < -0.39 is 17.3 Å². The Morgan fingerprint density at radius 2 is 1.92 bits per heavy atom. The summed E-state index contributed by atoms with van der Waals surface area (Å²) in [6, 6.07) is 9.44. The van der Waals surface area contributed by atoms with Crippen LogP contribution in [0.25, 0.3) is 11.4 Å². The van der Waals surface area contributed by atoms with Crippen molar-refractivity contribution in [3.8, 4) is 17.1 Å². The number of halogens is 3. The Morgan fingerprint density at radius 1 is 1.20 bits per heavy atom. The first-order chi connectivity index (χ1) is 12.0. The van der Waals surface area contributed by atoms with Gasteiger partial charge in [-0.1, -0.05) is 28.4 Å². The Balaban J connectivity index is 1.76. The van der Waals surface area contributed by atoms with Crippen molar-refractivity contribution in [1.29, 1.82) is 0 Å². The molecule has 0 aliphatic rings. The van der Waals surface area contributed by atoms with E-state index in [1.165, 1.54) is 12.1 Å². The van der Waals surface area contributed by atoms with Gasteiger partial charge in [0, 0.05) is 10.6 Å². The average molecular weight is 382 g/mol. The van der Waals surface area contributed by atoms with Gasteiger partial charge >= 0.3 is 0 Å². The zero-order valence-electron chi connectivity index (χ0n) is 12.5. The smallest absolute Gasteiger partial charge is 0.264 e. The van der Waals surface area contributed by atoms with Gasteiger partial charge in [-0.05, 0) is 36.4 Å². The molecule has 0 spiro atoms. The van der Waals surface area contributed by atoms with Crippen LogP contribution in [-0.4, -0.2) is 16.0 Å². The van der Waals surface area contributed by atoms with E-state index in [4.69, 9.17) is 38.2 Å². The molecule has 0 unspecified atom stereocenters. The number of carbonyl (C=O) groups is 1. The fourth-order valence-corrected chi connectivity index (χ4v) is 2.40. The highest BCUT2D eigenvalue weighted by Gasteiger charge is 2.19. The summed E-state index contributed by atoms with van der Waals surface area (Å²) in [6.07, 6.45) is 0. The van der Waals surface area contributed by atoms with Gasteiger partial charge in [-0.2, -0.15) is 4.98 Å². The molecule has 1 heterocycles. The molecule has 25 heavy (non-hydrogen) atoms. The van der Waals surface area contributed by atoms with Gasteiger partial charge < -0.3 is 15.0 Å². The predicted octanol–water partition coefficient (Wildman–Crippen LogP) is 3.86. The quantitative estimate of drug-likeness (QED) is 0.724. The molecule has 0 bridgehead atoms. The molecule has 0 saturated carbocycles. The third-order valence-electron chi connectivity index (χ3n) is 3.22. The molecule has 9 heteroatoms. The van der Waals surface area contributed by atoms with Crippen molar-refractivity contribution in [2.24, 2.45) is 5.73 Å². The number of carbonyl (C=O) groups excluding carboxylic acids is 1. The first-order valence-electron chi connectivity index (χ1n) is 6.95. The molecule has 6 nitrogen and oxygen atoms in total. The highest BCUT2D eigenvalue weighted by atomic mass is 35.5. The summed E-state index contributed by atoms with van der Waals surface area (Å²) in [7, 11) is 0. The van der Waals surface area contributed by atoms with Crippen LogP contribution in [-0.2, 0) is 6.61 Å². The van der Waals surface area contributed by atoms with Crippen molar-refractivity contribution in [2.75, 3.05) is 0 Å². The molecule has 0 saturated heterocycles. The molecule has 3 rings (SSSR count). The Labute approximate surface area is 151 Å². The number of primary amides is 1. The van der Waals surface area contributed by atoms with E-state index in [9.17, 15) is 9.18 Å². The van der Waals surface area contributed by atoms with Crippen LogP contribution in [0, 0.1) is 5.82 Å². The van der Waals surface area contributed by atoms with Crippen LogP contribution in [0.15, 0.2) is 40.9 Å². The number of nitrogens with zero attached hydrogens (tertiary/aromatic N) is 2. The summed E-state index contributed by atoms with van der Waals surface area (Å²) in [5.74, 6) is -1.68. The Bertz CT molecular complexity index is 929. The Kier molecular flexibility index (Phi) is 4.87. The maximum atomic E-state index is 14.2. The Morgan fingerprint density at radius 3 is 2.60 bits per heavy atom. The average Bonchev–Trinajstić information content (AvgIpc) is 3.03. The minimum atomic E-state index is -0.990. The lowest BCUT2D eigenvalue weighted by Crippen LogP contribution is -2.14. The van der Waals surface area contributed by atoms with Gasteiger partial charge in [-0.3, -0.25) is 4.79 Å². The van der Waals surface area contributed by atoms with E-state index in [0.29, 0.717) is 16.4 Å². The van der Waals surface area contributed by atoms with E-state index in [2.05, 4.69) is 10.1 Å². The summed E-state index contributed by atoms with van der Waals surface area (Å²) < 4.78 is 24.5. The number of hydrogen-bond donors (Lipinski definition) is 1. The summed E-state index contributed by atoms with van der Waals surface area (Å²) in [5.41, 5.74) is 5.36. The van der Waals surface area contributed by atoms with Gasteiger partial charge in [-0.25, -0.2) is 4.39 Å². The van der Waals surface area contributed by atoms with Gasteiger partial charge in [0.25, 0.3) is 11.8 Å². The molecule has 2 N–H and O–H groups in total. The van der Waals surface area contributed by atoms with Crippen LogP contribution >= 0.6 is 23.2 Å². The second-order valence-electron chi connectivity index (χ2n) is 4.91. The summed E-state index contributed by atoms with van der Waals surface area (Å²) >= 11 is 11.6. The lowest BCUT2D eigenvalue weighted by molar-refractivity contribution is 0.0995. The molecule has 0 radical (unpaired) electrons. The largest absolute Gasteiger partial charge is 0.481 e. The number of hydrogen-bond acceptors (Lipinski definition) is 5. The minimum Gasteiger partial charge on any atom is -0.481 e. The molecule has 0 fully saturated rings. The van der Waals surface area contributed by atoms with Gasteiger partial charge in [0.1, 0.15) is 0 Å². The first kappa shape index (κ1) is 17.2. The van der Waals surface area contributed by atoms with E-state index in [-0.39, 0.29) is 23.3 Å². The van der Waals surface area contributed by atoms with Crippen LogP contribution in [0.2, 0.25) is 10.0 Å². The van der Waals surface area contributed by atoms with E-state index >= 15 is 0 Å². The van der Waals surface area contributed by atoms with Crippen molar-refractivity contribution in [3.63, 3.8) is 0 Å². The predicted molar refractivity (Wildman–Crippen MR) is 89.0 cm³/mol. The van der Waals surface area contributed by atoms with Crippen LogP contribution in [0.5, 0.6) is 5.75 Å². The SMILES string of the molecule is NC(=O)c1c(Cl)ccc(OCc2nc(-c3ccc(Cl)cc3)no2)c1F. The zero-order chi connectivity index (χ0) is 18.0. The van der Waals surface area contributed by atoms with Gasteiger partial charge in [0.2, 0.25) is 5.82 Å². The number of benzene rings is 2. The van der Waals surface area contributed by atoms with Crippen molar-refractivity contribution in [2.45, 2.75) is 6.61 Å². The molecule has 0 aliphatic carbocycles. The molecular formula is C16H10Cl2FN3O3. The van der Waals surface area contributed by atoms with Crippen LogP contribution in [0.4, 0.5) is 4.39 Å². The third-order valence-corrected chi connectivity index (χ3v) is 3.79. The number of nitrogens with two attached hydrogens (primary N) is 1. The summed E-state index contributed by atoms with van der Waals surface area (Å²) in [6.45, 7) is -0.197. The third kappa shape index (κ3) is 3.72. The minimum absolute atomic E-state index is 0.0971. The van der Waals surface area contributed by atoms with E-state index in [1.807, 2.05) is 0 Å².